The number of aliphatic imine (C=N–C) groups is 1. The highest BCUT2D eigenvalue weighted by Crippen LogP contribution is 2.42. The number of thiophene rings is 1. The molecule has 0 bridgehead atoms. The van der Waals surface area contributed by atoms with Gasteiger partial charge in [-0.1, -0.05) is 32.8 Å². The Morgan fingerprint density at radius 1 is 1.25 bits per heavy atom. The van der Waals surface area contributed by atoms with E-state index in [2.05, 4.69) is 71.4 Å². The van der Waals surface area contributed by atoms with Crippen molar-refractivity contribution in [2.24, 2.45) is 4.99 Å². The first-order valence-corrected chi connectivity index (χ1v) is 10.6. The molecule has 4 nitrogen and oxygen atoms in total. The van der Waals surface area contributed by atoms with Crippen LogP contribution in [0.15, 0.2) is 65.1 Å². The Bertz CT molecular complexity index is 895. The molecule has 0 fully saturated rings. The first-order chi connectivity index (χ1) is 13.5. The molecule has 0 radical (unpaired) electrons. The van der Waals surface area contributed by atoms with Crippen LogP contribution < -0.4 is 9.80 Å². The van der Waals surface area contributed by atoms with E-state index in [9.17, 15) is 4.79 Å². The van der Waals surface area contributed by atoms with Gasteiger partial charge in [0, 0.05) is 28.9 Å². The summed E-state index contributed by atoms with van der Waals surface area (Å²) in [7, 11) is 0. The Morgan fingerprint density at radius 2 is 1.96 bits per heavy atom. The van der Waals surface area contributed by atoms with Crippen LogP contribution in [0.3, 0.4) is 0 Å². The summed E-state index contributed by atoms with van der Waals surface area (Å²) in [5, 5.41) is 4.50. The molecule has 1 aromatic heterocycles. The van der Waals surface area contributed by atoms with Crippen LogP contribution in [0.25, 0.3) is 0 Å². The molecule has 2 heterocycles. The van der Waals surface area contributed by atoms with Crippen molar-refractivity contribution in [1.29, 1.82) is 0 Å². The van der Waals surface area contributed by atoms with Crippen LogP contribution in [0.5, 0.6) is 0 Å². The minimum Gasteiger partial charge on any atom is -0.326 e. The Morgan fingerprint density at radius 3 is 2.61 bits per heavy atom. The molecule has 1 unspecified atom stereocenters. The maximum atomic E-state index is 10.4. The molecule has 0 N–H and O–H groups in total. The molecule has 5 heteroatoms. The van der Waals surface area contributed by atoms with Gasteiger partial charge in [0.05, 0.1) is 11.4 Å². The van der Waals surface area contributed by atoms with Crippen molar-refractivity contribution >= 4 is 34.5 Å². The summed E-state index contributed by atoms with van der Waals surface area (Å²) in [6.45, 7) is 10.8. The second-order valence-electron chi connectivity index (χ2n) is 7.36. The Labute approximate surface area is 171 Å². The van der Waals surface area contributed by atoms with Crippen LogP contribution in [0.4, 0.5) is 17.1 Å². The SMILES string of the molecule is C=CC(C)(CCCC)c1cscc1N1C=CN(c2ccc(N=C=O)cc2)[C@H]1C. The average Bonchev–Trinajstić information content (AvgIpc) is 3.34. The Kier molecular flexibility index (Phi) is 6.18. The van der Waals surface area contributed by atoms with E-state index in [0.29, 0.717) is 5.69 Å². The predicted molar refractivity (Wildman–Crippen MR) is 119 cm³/mol. The van der Waals surface area contributed by atoms with Crippen LogP contribution in [-0.2, 0) is 10.2 Å². The van der Waals surface area contributed by atoms with E-state index < -0.39 is 0 Å². The summed E-state index contributed by atoms with van der Waals surface area (Å²) in [5.74, 6) is 0. The average molecular weight is 394 g/mol. The number of carbonyl (C=O) groups excluding carboxylic acids is 1. The standard InChI is InChI=1S/C23H27N3OS/c1-5-7-12-23(4,6-2)21-15-28-16-22(21)26-14-13-25(18(26)3)20-10-8-19(9-11-20)24-17-27/h6,8-11,13-16,18H,2,5,7,12H2,1,3-4H3/t18-,23?/m1/s1. The van der Waals surface area contributed by atoms with Gasteiger partial charge in [0.2, 0.25) is 6.08 Å². The van der Waals surface area contributed by atoms with Gasteiger partial charge < -0.3 is 9.80 Å². The van der Waals surface area contributed by atoms with Crippen molar-refractivity contribution in [3.8, 4) is 0 Å². The molecule has 1 aliphatic heterocycles. The highest BCUT2D eigenvalue weighted by atomic mass is 32.1. The fourth-order valence-electron chi connectivity index (χ4n) is 3.67. The van der Waals surface area contributed by atoms with Gasteiger partial charge in [0.1, 0.15) is 6.17 Å². The number of anilines is 2. The predicted octanol–water partition coefficient (Wildman–Crippen LogP) is 6.49. The highest BCUT2D eigenvalue weighted by molar-refractivity contribution is 7.08. The van der Waals surface area contributed by atoms with Gasteiger partial charge in [0.15, 0.2) is 0 Å². The summed E-state index contributed by atoms with van der Waals surface area (Å²) in [6.07, 6.45) is 11.5. The highest BCUT2D eigenvalue weighted by Gasteiger charge is 2.32. The molecule has 146 valence electrons. The lowest BCUT2D eigenvalue weighted by Gasteiger charge is -2.33. The first-order valence-electron chi connectivity index (χ1n) is 9.67. The Balaban J connectivity index is 1.85. The minimum absolute atomic E-state index is 0.0270. The molecule has 1 aromatic carbocycles. The van der Waals surface area contributed by atoms with Crippen molar-refractivity contribution in [3.05, 3.63) is 65.6 Å². The molecular weight excluding hydrogens is 366 g/mol. The zero-order valence-corrected chi connectivity index (χ0v) is 17.6. The second-order valence-corrected chi connectivity index (χ2v) is 8.10. The van der Waals surface area contributed by atoms with Gasteiger partial charge in [-0.3, -0.25) is 0 Å². The van der Waals surface area contributed by atoms with E-state index in [1.807, 2.05) is 24.3 Å². The lowest BCUT2D eigenvalue weighted by molar-refractivity contribution is 0.512. The van der Waals surface area contributed by atoms with E-state index in [-0.39, 0.29) is 11.6 Å². The molecule has 1 aliphatic rings. The number of hydrogen-bond acceptors (Lipinski definition) is 5. The molecule has 0 saturated heterocycles. The van der Waals surface area contributed by atoms with E-state index >= 15 is 0 Å². The second kappa shape index (κ2) is 8.59. The third-order valence-electron chi connectivity index (χ3n) is 5.55. The van der Waals surface area contributed by atoms with Gasteiger partial charge in [-0.05, 0) is 48.6 Å². The molecule has 0 amide bonds. The van der Waals surface area contributed by atoms with Crippen LogP contribution in [0.2, 0.25) is 0 Å². The fourth-order valence-corrected chi connectivity index (χ4v) is 4.64. The number of hydrogen-bond donors (Lipinski definition) is 0. The maximum Gasteiger partial charge on any atom is 0.240 e. The molecule has 0 aliphatic carbocycles. The van der Waals surface area contributed by atoms with Crippen molar-refractivity contribution in [2.45, 2.75) is 51.6 Å². The van der Waals surface area contributed by atoms with Crippen molar-refractivity contribution in [3.63, 3.8) is 0 Å². The Hall–Kier alpha value is -2.62. The van der Waals surface area contributed by atoms with Crippen molar-refractivity contribution in [2.75, 3.05) is 9.80 Å². The molecule has 3 rings (SSSR count). The summed E-state index contributed by atoms with van der Waals surface area (Å²) in [6, 6.07) is 7.62. The minimum atomic E-state index is -0.0270. The van der Waals surface area contributed by atoms with Gasteiger partial charge in [-0.15, -0.1) is 17.9 Å². The summed E-state index contributed by atoms with van der Waals surface area (Å²) in [5.41, 5.74) is 4.24. The number of allylic oxidation sites excluding steroid dienone is 1. The topological polar surface area (TPSA) is 35.9 Å². The van der Waals surface area contributed by atoms with E-state index in [4.69, 9.17) is 0 Å². The lowest BCUT2D eigenvalue weighted by Crippen LogP contribution is -2.37. The van der Waals surface area contributed by atoms with E-state index in [0.717, 1.165) is 12.1 Å². The molecule has 0 saturated carbocycles. The zero-order chi connectivity index (χ0) is 20.1. The van der Waals surface area contributed by atoms with Crippen molar-refractivity contribution < 1.29 is 4.79 Å². The summed E-state index contributed by atoms with van der Waals surface area (Å²) >= 11 is 1.74. The number of nitrogens with zero attached hydrogens (tertiary/aromatic N) is 3. The number of unbranched alkanes of at least 4 members (excludes halogenated alkanes) is 1. The molecule has 2 atom stereocenters. The molecule has 2 aromatic rings. The third-order valence-corrected chi connectivity index (χ3v) is 6.28. The van der Waals surface area contributed by atoms with Gasteiger partial charge >= 0.3 is 0 Å². The normalized spacial score (nSPS) is 18.0. The largest absolute Gasteiger partial charge is 0.326 e. The van der Waals surface area contributed by atoms with Crippen LogP contribution >= 0.6 is 11.3 Å². The number of benzene rings is 1. The zero-order valence-electron chi connectivity index (χ0n) is 16.8. The van der Waals surface area contributed by atoms with Gasteiger partial charge in [-0.2, -0.15) is 4.99 Å². The number of rotatable bonds is 8. The smallest absolute Gasteiger partial charge is 0.240 e. The summed E-state index contributed by atoms with van der Waals surface area (Å²) < 4.78 is 0. The maximum absolute atomic E-state index is 10.4. The summed E-state index contributed by atoms with van der Waals surface area (Å²) in [4.78, 5) is 18.6. The molecule has 28 heavy (non-hydrogen) atoms. The van der Waals surface area contributed by atoms with Crippen LogP contribution in [0.1, 0.15) is 45.6 Å². The lowest BCUT2D eigenvalue weighted by atomic mass is 9.79. The van der Waals surface area contributed by atoms with Gasteiger partial charge in [0.25, 0.3) is 0 Å². The quantitative estimate of drug-likeness (QED) is 0.292. The molecule has 0 spiro atoms. The molecular formula is C23H27N3OS. The van der Waals surface area contributed by atoms with Crippen LogP contribution in [-0.4, -0.2) is 12.2 Å². The first kappa shape index (κ1) is 20.1. The van der Waals surface area contributed by atoms with Crippen LogP contribution in [0, 0.1) is 0 Å². The van der Waals surface area contributed by atoms with Gasteiger partial charge in [-0.25, -0.2) is 4.79 Å². The third kappa shape index (κ3) is 3.82. The van der Waals surface area contributed by atoms with E-state index in [1.165, 1.54) is 24.1 Å². The van der Waals surface area contributed by atoms with E-state index in [1.54, 1.807) is 17.4 Å². The number of isocyanates is 1. The monoisotopic (exact) mass is 393 g/mol. The van der Waals surface area contributed by atoms with Crippen molar-refractivity contribution in [1.82, 2.24) is 0 Å². The fraction of sp³-hybridized carbons (Fsp3) is 0.348.